The minimum absolute atomic E-state index is 0.141. The number of nitrogens with zero attached hydrogens (tertiary/aromatic N) is 2. The van der Waals surface area contributed by atoms with E-state index in [1.807, 2.05) is 25.1 Å². The smallest absolute Gasteiger partial charge is 0.270 e. The highest BCUT2D eigenvalue weighted by molar-refractivity contribution is 5.98. The number of ether oxygens (including phenoxy) is 3. The molecule has 2 aromatic rings. The molecule has 0 saturated carbocycles. The molecule has 6 N–H and O–H groups in total. The predicted octanol–water partition coefficient (Wildman–Crippen LogP) is 1.11. The van der Waals surface area contributed by atoms with E-state index in [9.17, 15) is 14.9 Å². The van der Waals surface area contributed by atoms with Crippen molar-refractivity contribution in [2.24, 2.45) is 11.6 Å². The number of nitriles is 1. The molecular weight excluding hydrogens is 452 g/mol. The molecule has 0 aliphatic heterocycles. The second-order valence-electron chi connectivity index (χ2n) is 7.41. The summed E-state index contributed by atoms with van der Waals surface area (Å²) in [5.41, 5.74) is 7.57. The minimum Gasteiger partial charge on any atom is -0.493 e. The molecule has 0 fully saturated rings. The fourth-order valence-corrected chi connectivity index (χ4v) is 3.14. The molecule has 2 rings (SSSR count). The number of hydrogen-bond donors (Lipinski definition) is 4. The van der Waals surface area contributed by atoms with Crippen molar-refractivity contribution in [3.8, 4) is 23.3 Å². The Bertz CT molecular complexity index is 1110. The largest absolute Gasteiger partial charge is 0.493 e. The Morgan fingerprint density at radius 2 is 1.74 bits per heavy atom. The number of amides is 2. The summed E-state index contributed by atoms with van der Waals surface area (Å²) in [5, 5.41) is 15.8. The van der Waals surface area contributed by atoms with Crippen molar-refractivity contribution in [2.45, 2.75) is 13.0 Å². The van der Waals surface area contributed by atoms with Gasteiger partial charge in [0.1, 0.15) is 11.7 Å². The van der Waals surface area contributed by atoms with E-state index in [0.29, 0.717) is 17.1 Å². The van der Waals surface area contributed by atoms with Crippen molar-refractivity contribution in [3.05, 3.63) is 65.0 Å². The Morgan fingerprint density at radius 3 is 2.31 bits per heavy atom. The topological polar surface area (TPSA) is 165 Å². The second-order valence-corrected chi connectivity index (χ2v) is 7.41. The van der Waals surface area contributed by atoms with Crippen LogP contribution in [-0.4, -0.2) is 51.2 Å². The third-order valence-electron chi connectivity index (χ3n) is 4.99. The maximum Gasteiger partial charge on any atom is 0.270 e. The number of nitrogens with one attached hydrogen (secondary N) is 2. The standard InChI is InChI=1S/C24H30N6O5/c1-15-5-7-16(8-6-15)19(13-25)29-24(32)18(26)14-30(27)12-11-28-23(31)17-9-10-20(33-2)22(35-4)21(17)34-3/h5-10,14,19H,11-12,26-27H2,1-4H3,(H,28,31)(H,29,32)/b18-14-. The van der Waals surface area contributed by atoms with E-state index in [2.05, 4.69) is 10.6 Å². The fourth-order valence-electron chi connectivity index (χ4n) is 3.14. The maximum absolute atomic E-state index is 12.6. The summed E-state index contributed by atoms with van der Waals surface area (Å²) in [4.78, 5) is 25.0. The Morgan fingerprint density at radius 1 is 1.09 bits per heavy atom. The van der Waals surface area contributed by atoms with Gasteiger partial charge >= 0.3 is 0 Å². The first-order valence-corrected chi connectivity index (χ1v) is 10.6. The highest BCUT2D eigenvalue weighted by Crippen LogP contribution is 2.39. The lowest BCUT2D eigenvalue weighted by molar-refractivity contribution is -0.118. The molecule has 11 heteroatoms. The number of aryl methyl sites for hydroxylation is 1. The Kier molecular flexibility index (Phi) is 9.74. The summed E-state index contributed by atoms with van der Waals surface area (Å²) >= 11 is 0. The van der Waals surface area contributed by atoms with Crippen LogP contribution < -0.4 is 36.4 Å². The van der Waals surface area contributed by atoms with E-state index >= 15 is 0 Å². The molecular formula is C24H30N6O5. The number of carbonyl (C=O) groups is 2. The summed E-state index contributed by atoms with van der Waals surface area (Å²) in [6, 6.07) is 11.5. The molecule has 0 aliphatic rings. The van der Waals surface area contributed by atoms with Gasteiger partial charge in [0.05, 0.1) is 39.5 Å². The average Bonchev–Trinajstić information content (AvgIpc) is 2.86. The van der Waals surface area contributed by atoms with Crippen molar-refractivity contribution >= 4 is 11.8 Å². The van der Waals surface area contributed by atoms with Gasteiger partial charge < -0.3 is 35.6 Å². The van der Waals surface area contributed by atoms with Crippen molar-refractivity contribution in [1.29, 1.82) is 5.26 Å². The second kappa shape index (κ2) is 12.7. The molecule has 0 aliphatic carbocycles. The third-order valence-corrected chi connectivity index (χ3v) is 4.99. The van der Waals surface area contributed by atoms with Crippen LogP contribution in [0.5, 0.6) is 17.2 Å². The molecule has 2 amide bonds. The monoisotopic (exact) mass is 482 g/mol. The first-order valence-electron chi connectivity index (χ1n) is 10.6. The predicted molar refractivity (Wildman–Crippen MR) is 129 cm³/mol. The molecule has 0 aromatic heterocycles. The van der Waals surface area contributed by atoms with Crippen LogP contribution in [-0.2, 0) is 4.79 Å². The number of benzene rings is 2. The highest BCUT2D eigenvalue weighted by atomic mass is 16.5. The van der Waals surface area contributed by atoms with Crippen LogP contribution in [0.25, 0.3) is 0 Å². The molecule has 0 radical (unpaired) electrons. The third kappa shape index (κ3) is 7.02. The molecule has 2 aromatic carbocycles. The van der Waals surface area contributed by atoms with Crippen LogP contribution >= 0.6 is 0 Å². The zero-order valence-electron chi connectivity index (χ0n) is 20.1. The number of nitrogens with two attached hydrogens (primary N) is 2. The number of hydrogen-bond acceptors (Lipinski definition) is 9. The van der Waals surface area contributed by atoms with Gasteiger partial charge in [-0.05, 0) is 24.6 Å². The summed E-state index contributed by atoms with van der Waals surface area (Å²) in [6.45, 7) is 2.21. The van der Waals surface area contributed by atoms with Gasteiger partial charge in [0.2, 0.25) is 5.75 Å². The maximum atomic E-state index is 12.6. The van der Waals surface area contributed by atoms with Crippen LogP contribution in [0.1, 0.15) is 27.5 Å². The van der Waals surface area contributed by atoms with Crippen LogP contribution in [0.15, 0.2) is 48.3 Å². The van der Waals surface area contributed by atoms with Crippen LogP contribution in [0.3, 0.4) is 0 Å². The highest BCUT2D eigenvalue weighted by Gasteiger charge is 2.20. The van der Waals surface area contributed by atoms with Gasteiger partial charge in [0, 0.05) is 12.7 Å². The van der Waals surface area contributed by atoms with E-state index in [1.165, 1.54) is 27.5 Å². The van der Waals surface area contributed by atoms with Crippen LogP contribution in [0, 0.1) is 18.3 Å². The van der Waals surface area contributed by atoms with Crippen molar-refractivity contribution < 1.29 is 23.8 Å². The number of rotatable bonds is 11. The minimum atomic E-state index is -0.864. The summed E-state index contributed by atoms with van der Waals surface area (Å²) in [7, 11) is 4.35. The molecule has 0 spiro atoms. The molecule has 0 bridgehead atoms. The molecule has 1 atom stereocenters. The number of methoxy groups -OCH3 is 3. The lowest BCUT2D eigenvalue weighted by Gasteiger charge is -2.18. The zero-order chi connectivity index (χ0) is 26.0. The molecule has 35 heavy (non-hydrogen) atoms. The summed E-state index contributed by atoms with van der Waals surface area (Å²) in [5.74, 6) is 5.78. The Hall–Kier alpha value is -4.43. The van der Waals surface area contributed by atoms with E-state index in [0.717, 1.165) is 10.6 Å². The van der Waals surface area contributed by atoms with Crippen LogP contribution in [0.4, 0.5) is 0 Å². The van der Waals surface area contributed by atoms with Gasteiger partial charge in [-0.25, -0.2) is 5.84 Å². The molecule has 11 nitrogen and oxygen atoms in total. The quantitative estimate of drug-likeness (QED) is 0.208. The zero-order valence-corrected chi connectivity index (χ0v) is 20.1. The van der Waals surface area contributed by atoms with Gasteiger partial charge in [0.15, 0.2) is 11.5 Å². The molecule has 0 heterocycles. The lowest BCUT2D eigenvalue weighted by atomic mass is 10.1. The summed E-state index contributed by atoms with van der Waals surface area (Å²) < 4.78 is 15.8. The molecule has 186 valence electrons. The SMILES string of the molecule is COc1ccc(C(=O)NCCN(N)/C=C(\N)C(=O)NC(C#N)c2ccc(C)cc2)c(OC)c1OC. The van der Waals surface area contributed by atoms with Gasteiger partial charge in [0.25, 0.3) is 11.8 Å². The van der Waals surface area contributed by atoms with Crippen molar-refractivity contribution in [2.75, 3.05) is 34.4 Å². The van der Waals surface area contributed by atoms with E-state index < -0.39 is 17.9 Å². The van der Waals surface area contributed by atoms with Gasteiger partial charge in [-0.1, -0.05) is 29.8 Å². The van der Waals surface area contributed by atoms with Crippen molar-refractivity contribution in [1.82, 2.24) is 15.6 Å². The normalized spacial score (nSPS) is 11.6. The molecule has 1 unspecified atom stereocenters. The van der Waals surface area contributed by atoms with Crippen molar-refractivity contribution in [3.63, 3.8) is 0 Å². The van der Waals surface area contributed by atoms with E-state index in [1.54, 1.807) is 24.3 Å². The van der Waals surface area contributed by atoms with Gasteiger partial charge in [-0.15, -0.1) is 0 Å². The summed E-state index contributed by atoms with van der Waals surface area (Å²) in [6.07, 6.45) is 1.22. The van der Waals surface area contributed by atoms with Crippen LogP contribution in [0.2, 0.25) is 0 Å². The Balaban J connectivity index is 1.95. The van der Waals surface area contributed by atoms with Gasteiger partial charge in [-0.3, -0.25) is 9.59 Å². The number of hydrazine groups is 1. The fraction of sp³-hybridized carbons (Fsp3) is 0.292. The average molecular weight is 483 g/mol. The first-order chi connectivity index (χ1) is 16.7. The first kappa shape index (κ1) is 26.8. The number of carbonyl (C=O) groups excluding carboxylic acids is 2. The molecule has 0 saturated heterocycles. The van der Waals surface area contributed by atoms with E-state index in [4.69, 9.17) is 25.8 Å². The lowest BCUT2D eigenvalue weighted by Crippen LogP contribution is -2.38. The van der Waals surface area contributed by atoms with E-state index in [-0.39, 0.29) is 30.1 Å². The van der Waals surface area contributed by atoms with Gasteiger partial charge in [-0.2, -0.15) is 5.26 Å². The Labute approximate surface area is 204 Å².